The Morgan fingerprint density at radius 2 is 2.12 bits per heavy atom. The molecule has 1 saturated heterocycles. The molecule has 0 unspecified atom stereocenters. The highest BCUT2D eigenvalue weighted by Crippen LogP contribution is 2.12. The van der Waals surface area contributed by atoms with E-state index in [9.17, 15) is 4.79 Å². The number of ether oxygens (including phenoxy) is 1. The van der Waals surface area contributed by atoms with Gasteiger partial charge in [0.25, 0.3) is 5.91 Å². The molecule has 1 amide bonds. The second-order valence-corrected chi connectivity index (χ2v) is 5.87. The third kappa shape index (κ3) is 3.46. The summed E-state index contributed by atoms with van der Waals surface area (Å²) in [5.74, 6) is 1.34. The first-order chi connectivity index (χ1) is 12.3. The number of anilines is 1. The van der Waals surface area contributed by atoms with E-state index in [0.29, 0.717) is 31.1 Å². The number of hydrogen-bond donors (Lipinski definition) is 1. The number of pyridine rings is 1. The Morgan fingerprint density at radius 3 is 2.96 bits per heavy atom. The van der Waals surface area contributed by atoms with Gasteiger partial charge >= 0.3 is 0 Å². The van der Waals surface area contributed by atoms with E-state index in [-0.39, 0.29) is 5.91 Å². The third-order valence-corrected chi connectivity index (χ3v) is 4.20. The predicted molar refractivity (Wildman–Crippen MR) is 93.6 cm³/mol. The molecule has 3 aromatic rings. The summed E-state index contributed by atoms with van der Waals surface area (Å²) in [5.41, 5.74) is 1.61. The SMILES string of the molecule is O=C(NCc1nccc(N2CCOCC2)n1)c1cc2ccccn2c1. The number of rotatable bonds is 4. The van der Waals surface area contributed by atoms with Crippen LogP contribution in [0.15, 0.2) is 48.9 Å². The number of fused-ring (bicyclic) bond motifs is 1. The maximum Gasteiger partial charge on any atom is 0.253 e. The van der Waals surface area contributed by atoms with Crippen molar-refractivity contribution in [3.8, 4) is 0 Å². The number of morpholine rings is 1. The molecule has 0 aliphatic carbocycles. The van der Waals surface area contributed by atoms with E-state index in [4.69, 9.17) is 4.74 Å². The van der Waals surface area contributed by atoms with Gasteiger partial charge < -0.3 is 19.4 Å². The second kappa shape index (κ2) is 6.90. The molecule has 128 valence electrons. The largest absolute Gasteiger partial charge is 0.378 e. The van der Waals surface area contributed by atoms with Crippen LogP contribution in [0.4, 0.5) is 5.82 Å². The van der Waals surface area contributed by atoms with Gasteiger partial charge in [0.15, 0.2) is 0 Å². The van der Waals surface area contributed by atoms with Crippen molar-refractivity contribution in [2.45, 2.75) is 6.54 Å². The number of carbonyl (C=O) groups excluding carboxylic acids is 1. The molecule has 1 aliphatic heterocycles. The molecule has 0 spiro atoms. The summed E-state index contributed by atoms with van der Waals surface area (Å²) < 4.78 is 7.28. The van der Waals surface area contributed by atoms with Gasteiger partial charge in [-0.25, -0.2) is 9.97 Å². The maximum atomic E-state index is 12.4. The minimum atomic E-state index is -0.135. The first-order valence-corrected chi connectivity index (χ1v) is 8.29. The molecule has 0 atom stereocenters. The van der Waals surface area contributed by atoms with Crippen molar-refractivity contribution in [2.24, 2.45) is 0 Å². The van der Waals surface area contributed by atoms with Crippen molar-refractivity contribution in [3.05, 3.63) is 60.3 Å². The molecular formula is C18H19N5O2. The van der Waals surface area contributed by atoms with E-state index in [2.05, 4.69) is 20.2 Å². The minimum Gasteiger partial charge on any atom is -0.378 e. The fourth-order valence-electron chi connectivity index (χ4n) is 2.88. The van der Waals surface area contributed by atoms with Crippen molar-refractivity contribution in [3.63, 3.8) is 0 Å². The summed E-state index contributed by atoms with van der Waals surface area (Å²) in [6, 6.07) is 9.59. The van der Waals surface area contributed by atoms with Crippen molar-refractivity contribution in [1.29, 1.82) is 0 Å². The average Bonchev–Trinajstić information content (AvgIpc) is 3.11. The smallest absolute Gasteiger partial charge is 0.253 e. The highest BCUT2D eigenvalue weighted by atomic mass is 16.5. The zero-order valence-corrected chi connectivity index (χ0v) is 13.8. The molecule has 7 nitrogen and oxygen atoms in total. The van der Waals surface area contributed by atoms with Crippen LogP contribution in [-0.2, 0) is 11.3 Å². The first kappa shape index (κ1) is 15.6. The van der Waals surface area contributed by atoms with Crippen molar-refractivity contribution < 1.29 is 9.53 Å². The van der Waals surface area contributed by atoms with E-state index in [1.54, 1.807) is 6.20 Å². The van der Waals surface area contributed by atoms with Crippen LogP contribution in [0.1, 0.15) is 16.2 Å². The van der Waals surface area contributed by atoms with Crippen LogP contribution in [0.25, 0.3) is 5.52 Å². The summed E-state index contributed by atoms with van der Waals surface area (Å²) >= 11 is 0. The number of hydrogen-bond acceptors (Lipinski definition) is 5. The topological polar surface area (TPSA) is 71.8 Å². The van der Waals surface area contributed by atoms with E-state index in [1.165, 1.54) is 0 Å². The number of aromatic nitrogens is 3. The summed E-state index contributed by atoms with van der Waals surface area (Å²) in [5, 5.41) is 2.89. The highest BCUT2D eigenvalue weighted by Gasteiger charge is 2.14. The van der Waals surface area contributed by atoms with Gasteiger partial charge in [0, 0.05) is 37.2 Å². The van der Waals surface area contributed by atoms with Crippen LogP contribution in [-0.4, -0.2) is 46.6 Å². The van der Waals surface area contributed by atoms with Crippen LogP contribution < -0.4 is 10.2 Å². The Labute approximate surface area is 145 Å². The van der Waals surface area contributed by atoms with Gasteiger partial charge in [0.1, 0.15) is 11.6 Å². The molecule has 0 aromatic carbocycles. The fourth-order valence-corrected chi connectivity index (χ4v) is 2.88. The zero-order chi connectivity index (χ0) is 17.1. The Kier molecular flexibility index (Phi) is 4.30. The quantitative estimate of drug-likeness (QED) is 0.781. The molecule has 1 aliphatic rings. The van der Waals surface area contributed by atoms with Crippen molar-refractivity contribution >= 4 is 17.2 Å². The van der Waals surface area contributed by atoms with E-state index >= 15 is 0 Å². The van der Waals surface area contributed by atoms with Gasteiger partial charge in [-0.1, -0.05) is 6.07 Å². The van der Waals surface area contributed by atoms with Crippen molar-refractivity contribution in [2.75, 3.05) is 31.2 Å². The van der Waals surface area contributed by atoms with E-state index in [1.807, 2.05) is 47.1 Å². The zero-order valence-electron chi connectivity index (χ0n) is 13.8. The fraction of sp³-hybridized carbons (Fsp3) is 0.278. The second-order valence-electron chi connectivity index (χ2n) is 5.87. The third-order valence-electron chi connectivity index (χ3n) is 4.20. The Balaban J connectivity index is 1.42. The van der Waals surface area contributed by atoms with E-state index < -0.39 is 0 Å². The van der Waals surface area contributed by atoms with Gasteiger partial charge in [-0.15, -0.1) is 0 Å². The Hall–Kier alpha value is -2.93. The lowest BCUT2D eigenvalue weighted by atomic mass is 10.3. The molecule has 4 heterocycles. The molecule has 0 radical (unpaired) electrons. The molecule has 3 aromatic heterocycles. The monoisotopic (exact) mass is 337 g/mol. The molecule has 1 fully saturated rings. The van der Waals surface area contributed by atoms with Crippen LogP contribution in [0.5, 0.6) is 0 Å². The predicted octanol–water partition coefficient (Wildman–Crippen LogP) is 1.50. The Morgan fingerprint density at radius 1 is 1.24 bits per heavy atom. The van der Waals surface area contributed by atoms with Gasteiger partial charge in [0.05, 0.1) is 25.3 Å². The molecule has 0 saturated carbocycles. The molecule has 7 heteroatoms. The van der Waals surface area contributed by atoms with Gasteiger partial charge in [-0.2, -0.15) is 0 Å². The number of carbonyl (C=O) groups is 1. The molecular weight excluding hydrogens is 318 g/mol. The lowest BCUT2D eigenvalue weighted by molar-refractivity contribution is 0.0950. The number of nitrogens with one attached hydrogen (secondary N) is 1. The van der Waals surface area contributed by atoms with Crippen molar-refractivity contribution in [1.82, 2.24) is 19.7 Å². The van der Waals surface area contributed by atoms with Crippen LogP contribution in [0.3, 0.4) is 0 Å². The van der Waals surface area contributed by atoms with Crippen LogP contribution in [0, 0.1) is 0 Å². The number of amides is 1. The lowest BCUT2D eigenvalue weighted by Gasteiger charge is -2.27. The lowest BCUT2D eigenvalue weighted by Crippen LogP contribution is -2.37. The highest BCUT2D eigenvalue weighted by molar-refractivity contribution is 5.95. The number of nitrogens with zero attached hydrogens (tertiary/aromatic N) is 4. The standard InChI is InChI=1S/C18H19N5O2/c24-18(14-11-15-3-1-2-6-23(15)13-14)20-12-16-19-5-4-17(21-16)22-7-9-25-10-8-22/h1-6,11,13H,7-10,12H2,(H,20,24). The average molecular weight is 337 g/mol. The molecule has 4 rings (SSSR count). The van der Waals surface area contributed by atoms with Gasteiger partial charge in [0.2, 0.25) is 0 Å². The maximum absolute atomic E-state index is 12.4. The Bertz CT molecular complexity index is 853. The van der Waals surface area contributed by atoms with Crippen LogP contribution >= 0.6 is 0 Å². The van der Waals surface area contributed by atoms with E-state index in [0.717, 1.165) is 24.4 Å². The molecule has 1 N–H and O–H groups in total. The summed E-state index contributed by atoms with van der Waals surface area (Å²) in [7, 11) is 0. The van der Waals surface area contributed by atoms with Gasteiger partial charge in [-0.3, -0.25) is 4.79 Å². The van der Waals surface area contributed by atoms with Crippen LogP contribution in [0.2, 0.25) is 0 Å². The summed E-state index contributed by atoms with van der Waals surface area (Å²) in [6.45, 7) is 3.35. The summed E-state index contributed by atoms with van der Waals surface area (Å²) in [6.07, 6.45) is 5.46. The molecule has 25 heavy (non-hydrogen) atoms. The normalized spacial score (nSPS) is 14.6. The minimum absolute atomic E-state index is 0.135. The summed E-state index contributed by atoms with van der Waals surface area (Å²) in [4.78, 5) is 23.3. The molecule has 0 bridgehead atoms. The first-order valence-electron chi connectivity index (χ1n) is 8.29. The van der Waals surface area contributed by atoms with Gasteiger partial charge in [-0.05, 0) is 24.3 Å².